The van der Waals surface area contributed by atoms with Gasteiger partial charge in [-0.2, -0.15) is 0 Å². The van der Waals surface area contributed by atoms with E-state index < -0.39 is 0 Å². The summed E-state index contributed by atoms with van der Waals surface area (Å²) < 4.78 is 0. The summed E-state index contributed by atoms with van der Waals surface area (Å²) in [7, 11) is 4.47. The first-order valence-corrected chi connectivity index (χ1v) is 8.48. The molecule has 0 amide bonds. The van der Waals surface area contributed by atoms with E-state index in [1.807, 2.05) is 0 Å². The first kappa shape index (κ1) is 15.1. The Hall–Kier alpha value is -0.860. The molecule has 0 aliphatic carbocycles. The average molecular weight is 286 g/mol. The lowest BCUT2D eigenvalue weighted by Crippen LogP contribution is -2.43. The first-order valence-electron chi connectivity index (χ1n) is 8.48. The van der Waals surface area contributed by atoms with Crippen molar-refractivity contribution in [1.29, 1.82) is 0 Å². The molecule has 2 saturated heterocycles. The summed E-state index contributed by atoms with van der Waals surface area (Å²) in [5.41, 5.74) is 5.81. The lowest BCUT2D eigenvalue weighted by Gasteiger charge is -2.40. The molecule has 21 heavy (non-hydrogen) atoms. The molecule has 0 radical (unpaired) electrons. The summed E-state index contributed by atoms with van der Waals surface area (Å²) in [6.07, 6.45) is 5.51. The highest BCUT2D eigenvalue weighted by Crippen LogP contribution is 2.43. The molecule has 0 saturated carbocycles. The fourth-order valence-corrected chi connectivity index (χ4v) is 4.69. The second kappa shape index (κ2) is 5.73. The molecule has 0 spiro atoms. The number of fused-ring (bicyclic) bond motifs is 2. The third-order valence-corrected chi connectivity index (χ3v) is 6.13. The number of benzene rings is 1. The zero-order chi connectivity index (χ0) is 15.1. The van der Waals surface area contributed by atoms with Gasteiger partial charge >= 0.3 is 0 Å². The molecular formula is C19H30N2. The molecule has 2 fully saturated rings. The second-order valence-electron chi connectivity index (χ2n) is 7.34. The van der Waals surface area contributed by atoms with Crippen LogP contribution in [0.5, 0.6) is 0 Å². The van der Waals surface area contributed by atoms with Gasteiger partial charge in [-0.15, -0.1) is 0 Å². The predicted octanol–water partition coefficient (Wildman–Crippen LogP) is 3.75. The maximum absolute atomic E-state index is 3.64. The molecule has 3 rings (SSSR count). The van der Waals surface area contributed by atoms with Crippen molar-refractivity contribution in [2.75, 3.05) is 14.1 Å². The standard InChI is InChI=1S/C19H30N2/c1-12-8-14(3)18(9-13(12)2)19(20-4)15-10-16-6-7-17(11-15)21(16)5/h8-9,15-17,19-20H,6-7,10-11H2,1-5H3. The molecule has 2 aliphatic heterocycles. The van der Waals surface area contributed by atoms with E-state index >= 15 is 0 Å². The SMILES string of the molecule is CNC(c1cc(C)c(C)cc1C)C1CC2CCC(C1)N2C. The molecule has 2 heterocycles. The molecule has 2 aliphatic rings. The van der Waals surface area contributed by atoms with Crippen molar-refractivity contribution in [3.8, 4) is 0 Å². The zero-order valence-electron chi connectivity index (χ0n) is 14.2. The molecule has 1 aromatic rings. The third kappa shape index (κ3) is 2.64. The number of piperidine rings is 1. The van der Waals surface area contributed by atoms with Gasteiger partial charge in [0.1, 0.15) is 0 Å². The van der Waals surface area contributed by atoms with E-state index in [1.54, 1.807) is 0 Å². The number of hydrogen-bond acceptors (Lipinski definition) is 2. The minimum Gasteiger partial charge on any atom is -0.313 e. The van der Waals surface area contributed by atoms with Crippen LogP contribution in [0.3, 0.4) is 0 Å². The van der Waals surface area contributed by atoms with E-state index in [2.05, 4.69) is 57.2 Å². The van der Waals surface area contributed by atoms with Crippen LogP contribution in [0.1, 0.15) is 54.0 Å². The summed E-state index contributed by atoms with van der Waals surface area (Å²) >= 11 is 0. The number of hydrogen-bond donors (Lipinski definition) is 1. The Labute approximate surface area is 129 Å². The normalized spacial score (nSPS) is 30.6. The summed E-state index contributed by atoms with van der Waals surface area (Å²) in [6, 6.07) is 6.93. The van der Waals surface area contributed by atoms with Crippen LogP contribution in [0.15, 0.2) is 12.1 Å². The fourth-order valence-electron chi connectivity index (χ4n) is 4.69. The molecular weight excluding hydrogens is 256 g/mol. The smallest absolute Gasteiger partial charge is 0.0350 e. The Balaban J connectivity index is 1.87. The number of rotatable bonds is 3. The van der Waals surface area contributed by atoms with E-state index in [4.69, 9.17) is 0 Å². The van der Waals surface area contributed by atoms with Crippen molar-refractivity contribution < 1.29 is 0 Å². The summed E-state index contributed by atoms with van der Waals surface area (Å²) in [5, 5.41) is 3.64. The van der Waals surface area contributed by atoms with Crippen molar-refractivity contribution in [2.45, 2.75) is 64.6 Å². The number of nitrogens with one attached hydrogen (secondary N) is 1. The van der Waals surface area contributed by atoms with Crippen LogP contribution in [-0.2, 0) is 0 Å². The number of aryl methyl sites for hydroxylation is 3. The van der Waals surface area contributed by atoms with Crippen molar-refractivity contribution in [2.24, 2.45) is 5.92 Å². The molecule has 0 aromatic heterocycles. The van der Waals surface area contributed by atoms with E-state index in [0.717, 1.165) is 18.0 Å². The third-order valence-electron chi connectivity index (χ3n) is 6.13. The van der Waals surface area contributed by atoms with E-state index in [1.165, 1.54) is 47.9 Å². The average Bonchev–Trinajstić information content (AvgIpc) is 2.67. The lowest BCUT2D eigenvalue weighted by molar-refractivity contribution is 0.114. The van der Waals surface area contributed by atoms with Gasteiger partial charge < -0.3 is 10.2 Å². The van der Waals surface area contributed by atoms with Gasteiger partial charge in [-0.05, 0) is 88.7 Å². The van der Waals surface area contributed by atoms with Crippen LogP contribution in [-0.4, -0.2) is 31.1 Å². The molecule has 2 heteroatoms. The molecule has 1 N–H and O–H groups in total. The Morgan fingerprint density at radius 2 is 1.57 bits per heavy atom. The van der Waals surface area contributed by atoms with Crippen molar-refractivity contribution >= 4 is 0 Å². The van der Waals surface area contributed by atoms with Crippen molar-refractivity contribution in [3.05, 3.63) is 34.4 Å². The first-order chi connectivity index (χ1) is 10.0. The lowest BCUT2D eigenvalue weighted by atomic mass is 9.80. The van der Waals surface area contributed by atoms with Gasteiger partial charge in [0.25, 0.3) is 0 Å². The molecule has 2 nitrogen and oxygen atoms in total. The minimum atomic E-state index is 0.515. The highest BCUT2D eigenvalue weighted by Gasteiger charge is 2.41. The largest absolute Gasteiger partial charge is 0.313 e. The Bertz CT molecular complexity index is 509. The van der Waals surface area contributed by atoms with Crippen LogP contribution < -0.4 is 5.32 Å². The summed E-state index contributed by atoms with van der Waals surface area (Å²) in [4.78, 5) is 2.64. The van der Waals surface area contributed by atoms with Gasteiger partial charge in [0.2, 0.25) is 0 Å². The quantitative estimate of drug-likeness (QED) is 0.910. The van der Waals surface area contributed by atoms with Gasteiger partial charge in [-0.3, -0.25) is 0 Å². The highest BCUT2D eigenvalue weighted by molar-refractivity contribution is 5.38. The van der Waals surface area contributed by atoms with Crippen LogP contribution in [0.25, 0.3) is 0 Å². The van der Waals surface area contributed by atoms with Gasteiger partial charge in [-0.25, -0.2) is 0 Å². The Morgan fingerprint density at radius 1 is 1.00 bits per heavy atom. The van der Waals surface area contributed by atoms with E-state index in [9.17, 15) is 0 Å². The maximum Gasteiger partial charge on any atom is 0.0350 e. The molecule has 3 unspecified atom stereocenters. The van der Waals surface area contributed by atoms with Crippen molar-refractivity contribution in [3.63, 3.8) is 0 Å². The molecule has 2 bridgehead atoms. The molecule has 1 aromatic carbocycles. The van der Waals surface area contributed by atoms with Crippen molar-refractivity contribution in [1.82, 2.24) is 10.2 Å². The topological polar surface area (TPSA) is 15.3 Å². The van der Waals surface area contributed by atoms with E-state index in [-0.39, 0.29) is 0 Å². The van der Waals surface area contributed by atoms with Crippen LogP contribution >= 0.6 is 0 Å². The predicted molar refractivity (Wildman–Crippen MR) is 89.8 cm³/mol. The zero-order valence-corrected chi connectivity index (χ0v) is 14.2. The van der Waals surface area contributed by atoms with Gasteiger partial charge in [0.05, 0.1) is 0 Å². The van der Waals surface area contributed by atoms with Crippen LogP contribution in [0.4, 0.5) is 0 Å². The minimum absolute atomic E-state index is 0.515. The maximum atomic E-state index is 3.64. The monoisotopic (exact) mass is 286 g/mol. The van der Waals surface area contributed by atoms with Gasteiger partial charge in [0.15, 0.2) is 0 Å². The number of nitrogens with zero attached hydrogens (tertiary/aromatic N) is 1. The molecule has 116 valence electrons. The summed E-state index contributed by atoms with van der Waals surface area (Å²) in [6.45, 7) is 6.73. The summed E-state index contributed by atoms with van der Waals surface area (Å²) in [5.74, 6) is 0.782. The fraction of sp³-hybridized carbons (Fsp3) is 0.684. The van der Waals surface area contributed by atoms with Crippen LogP contribution in [0.2, 0.25) is 0 Å². The molecule has 3 atom stereocenters. The Kier molecular flexibility index (Phi) is 4.11. The highest BCUT2D eigenvalue weighted by atomic mass is 15.2. The van der Waals surface area contributed by atoms with Crippen LogP contribution in [0, 0.1) is 26.7 Å². The second-order valence-corrected chi connectivity index (χ2v) is 7.34. The van der Waals surface area contributed by atoms with Gasteiger partial charge in [-0.1, -0.05) is 12.1 Å². The van der Waals surface area contributed by atoms with E-state index in [0.29, 0.717) is 6.04 Å². The van der Waals surface area contributed by atoms with Gasteiger partial charge in [0, 0.05) is 18.1 Å². The Morgan fingerprint density at radius 3 is 2.14 bits per heavy atom.